The van der Waals surface area contributed by atoms with Crippen molar-refractivity contribution < 1.29 is 14.7 Å². The first-order chi connectivity index (χ1) is 7.09. The van der Waals surface area contributed by atoms with Crippen molar-refractivity contribution in [3.8, 4) is 0 Å². The number of carboxylic acid groups (broad SMARTS) is 1. The molecule has 9 nitrogen and oxygen atoms in total. The highest BCUT2D eigenvalue weighted by molar-refractivity contribution is 5.79. The van der Waals surface area contributed by atoms with Crippen LogP contribution in [0.4, 0.5) is 4.79 Å². The number of hydrogen-bond acceptors (Lipinski definition) is 5. The number of carboxylic acids is 1. The van der Waals surface area contributed by atoms with Crippen LogP contribution < -0.4 is 5.32 Å². The van der Waals surface area contributed by atoms with E-state index in [9.17, 15) is 9.59 Å². The molecule has 15 heavy (non-hydrogen) atoms. The Balaban J connectivity index is 2.32. The van der Waals surface area contributed by atoms with Crippen molar-refractivity contribution in [3.05, 3.63) is 5.82 Å². The molecule has 0 fully saturated rings. The van der Waals surface area contributed by atoms with Crippen LogP contribution in [0.15, 0.2) is 0 Å². The number of nitrogens with one attached hydrogen (secondary N) is 2. The Morgan fingerprint density at radius 2 is 2.33 bits per heavy atom. The molecular formula is C6H10N6O3. The number of likely N-dealkylation sites (N-methyl/N-ethyl adjacent to an activating group) is 1. The highest BCUT2D eigenvalue weighted by atomic mass is 16.4. The van der Waals surface area contributed by atoms with Crippen LogP contribution in [-0.4, -0.2) is 56.2 Å². The summed E-state index contributed by atoms with van der Waals surface area (Å²) in [6.07, 6.45) is 0. The van der Waals surface area contributed by atoms with Crippen molar-refractivity contribution in [1.82, 2.24) is 30.8 Å². The van der Waals surface area contributed by atoms with Crippen LogP contribution in [0.1, 0.15) is 5.82 Å². The number of carbonyl (C=O) groups is 2. The number of H-pyrrole nitrogens is 1. The fourth-order valence-corrected chi connectivity index (χ4v) is 0.822. The first-order valence-corrected chi connectivity index (χ1v) is 4.02. The van der Waals surface area contributed by atoms with Crippen LogP contribution in [0.3, 0.4) is 0 Å². The lowest BCUT2D eigenvalue weighted by molar-refractivity contribution is -0.137. The molecule has 1 aromatic rings. The summed E-state index contributed by atoms with van der Waals surface area (Å²) < 4.78 is 0. The van der Waals surface area contributed by atoms with Crippen molar-refractivity contribution in [2.75, 3.05) is 13.6 Å². The van der Waals surface area contributed by atoms with Gasteiger partial charge in [0.25, 0.3) is 0 Å². The van der Waals surface area contributed by atoms with Crippen molar-refractivity contribution >= 4 is 12.0 Å². The van der Waals surface area contributed by atoms with Gasteiger partial charge in [-0.05, 0) is 0 Å². The van der Waals surface area contributed by atoms with E-state index in [2.05, 4.69) is 25.9 Å². The van der Waals surface area contributed by atoms with Crippen molar-refractivity contribution in [2.45, 2.75) is 6.54 Å². The molecule has 0 aromatic carbocycles. The van der Waals surface area contributed by atoms with Gasteiger partial charge in [-0.3, -0.25) is 4.79 Å². The smallest absolute Gasteiger partial charge is 0.323 e. The lowest BCUT2D eigenvalue weighted by atomic mass is 10.5. The lowest BCUT2D eigenvalue weighted by Crippen LogP contribution is -2.39. The normalized spacial score (nSPS) is 9.67. The van der Waals surface area contributed by atoms with Gasteiger partial charge in [0, 0.05) is 7.05 Å². The Labute approximate surface area is 84.5 Å². The minimum Gasteiger partial charge on any atom is -0.480 e. The zero-order chi connectivity index (χ0) is 11.3. The molecule has 2 amide bonds. The molecule has 1 aromatic heterocycles. The zero-order valence-electron chi connectivity index (χ0n) is 7.97. The van der Waals surface area contributed by atoms with Gasteiger partial charge in [0.05, 0.1) is 6.54 Å². The summed E-state index contributed by atoms with van der Waals surface area (Å²) in [6, 6.07) is -0.512. The molecule has 9 heteroatoms. The maximum Gasteiger partial charge on any atom is 0.323 e. The number of tetrazole rings is 1. The molecule has 1 heterocycles. The summed E-state index contributed by atoms with van der Waals surface area (Å²) in [5, 5.41) is 23.6. The molecule has 0 aliphatic carbocycles. The number of urea groups is 1. The van der Waals surface area contributed by atoms with Gasteiger partial charge < -0.3 is 15.3 Å². The van der Waals surface area contributed by atoms with E-state index >= 15 is 0 Å². The Kier molecular flexibility index (Phi) is 3.55. The monoisotopic (exact) mass is 214 g/mol. The van der Waals surface area contributed by atoms with Gasteiger partial charge in [0.1, 0.15) is 6.54 Å². The van der Waals surface area contributed by atoms with E-state index in [-0.39, 0.29) is 13.1 Å². The number of hydrogen-bond donors (Lipinski definition) is 3. The first-order valence-electron chi connectivity index (χ1n) is 4.02. The minimum absolute atomic E-state index is 0.0965. The summed E-state index contributed by atoms with van der Waals surface area (Å²) in [6.45, 7) is -0.266. The topological polar surface area (TPSA) is 124 Å². The predicted molar refractivity (Wildman–Crippen MR) is 46.7 cm³/mol. The van der Waals surface area contributed by atoms with E-state index in [1.54, 1.807) is 0 Å². The molecule has 82 valence electrons. The molecular weight excluding hydrogens is 204 g/mol. The number of aromatic amines is 1. The summed E-state index contributed by atoms with van der Waals surface area (Å²) in [4.78, 5) is 22.6. The first kappa shape index (κ1) is 10.9. The van der Waals surface area contributed by atoms with Gasteiger partial charge in [-0.1, -0.05) is 5.21 Å². The van der Waals surface area contributed by atoms with Crippen LogP contribution in [0.5, 0.6) is 0 Å². The van der Waals surface area contributed by atoms with Crippen molar-refractivity contribution in [3.63, 3.8) is 0 Å². The molecule has 0 atom stereocenters. The number of aromatic nitrogens is 4. The van der Waals surface area contributed by atoms with E-state index in [1.807, 2.05) is 0 Å². The fourth-order valence-electron chi connectivity index (χ4n) is 0.822. The quantitative estimate of drug-likeness (QED) is 0.556. The average Bonchev–Trinajstić information content (AvgIpc) is 2.65. The van der Waals surface area contributed by atoms with E-state index in [1.165, 1.54) is 7.05 Å². The van der Waals surface area contributed by atoms with E-state index < -0.39 is 12.0 Å². The molecule has 1 rings (SSSR count). The zero-order valence-corrected chi connectivity index (χ0v) is 7.97. The number of aliphatic carboxylic acids is 1. The molecule has 0 spiro atoms. The highest BCUT2D eigenvalue weighted by Gasteiger charge is 2.11. The van der Waals surface area contributed by atoms with E-state index in [0.717, 1.165) is 4.90 Å². The van der Waals surface area contributed by atoms with Crippen molar-refractivity contribution in [1.29, 1.82) is 0 Å². The molecule has 0 saturated heterocycles. The van der Waals surface area contributed by atoms with Gasteiger partial charge in [-0.15, -0.1) is 10.2 Å². The Bertz CT molecular complexity index is 337. The molecule has 0 aliphatic heterocycles. The second-order valence-corrected chi connectivity index (χ2v) is 2.74. The summed E-state index contributed by atoms with van der Waals surface area (Å²) in [7, 11) is 1.37. The second kappa shape index (κ2) is 4.88. The van der Waals surface area contributed by atoms with Gasteiger partial charge in [0.2, 0.25) is 0 Å². The van der Waals surface area contributed by atoms with Gasteiger partial charge in [-0.25, -0.2) is 4.79 Å². The van der Waals surface area contributed by atoms with Crippen LogP contribution in [-0.2, 0) is 11.3 Å². The maximum absolute atomic E-state index is 11.2. The molecule has 3 N–H and O–H groups in total. The third-order valence-electron chi connectivity index (χ3n) is 1.51. The van der Waals surface area contributed by atoms with E-state index in [4.69, 9.17) is 5.11 Å². The van der Waals surface area contributed by atoms with Gasteiger partial charge in [0.15, 0.2) is 5.82 Å². The Morgan fingerprint density at radius 1 is 1.60 bits per heavy atom. The molecule has 0 aliphatic rings. The van der Waals surface area contributed by atoms with E-state index in [0.29, 0.717) is 5.82 Å². The predicted octanol–water partition coefficient (Wildman–Crippen LogP) is -1.57. The Morgan fingerprint density at radius 3 is 2.87 bits per heavy atom. The summed E-state index contributed by atoms with van der Waals surface area (Å²) in [5.74, 6) is -0.751. The maximum atomic E-state index is 11.2. The van der Waals surface area contributed by atoms with Crippen molar-refractivity contribution in [2.24, 2.45) is 0 Å². The third-order valence-corrected chi connectivity index (χ3v) is 1.51. The molecule has 0 bridgehead atoms. The lowest BCUT2D eigenvalue weighted by Gasteiger charge is -2.14. The largest absolute Gasteiger partial charge is 0.480 e. The van der Waals surface area contributed by atoms with Crippen LogP contribution in [0.2, 0.25) is 0 Å². The van der Waals surface area contributed by atoms with Gasteiger partial charge in [-0.2, -0.15) is 5.21 Å². The average molecular weight is 214 g/mol. The number of rotatable bonds is 4. The SMILES string of the molecule is CN(CC(=O)O)C(=O)NCc1nn[nH]n1. The molecule has 0 radical (unpaired) electrons. The van der Waals surface area contributed by atoms with Crippen LogP contribution >= 0.6 is 0 Å². The number of nitrogens with zero attached hydrogens (tertiary/aromatic N) is 4. The highest BCUT2D eigenvalue weighted by Crippen LogP contribution is 1.87. The fraction of sp³-hybridized carbons (Fsp3) is 0.500. The Hall–Kier alpha value is -2.19. The van der Waals surface area contributed by atoms with Crippen LogP contribution in [0.25, 0.3) is 0 Å². The number of carbonyl (C=O) groups excluding carboxylic acids is 1. The summed E-state index contributed by atoms with van der Waals surface area (Å²) in [5.41, 5.74) is 0. The third kappa shape index (κ3) is 3.58. The second-order valence-electron chi connectivity index (χ2n) is 2.74. The van der Waals surface area contributed by atoms with Gasteiger partial charge >= 0.3 is 12.0 Å². The minimum atomic E-state index is -1.08. The van der Waals surface area contributed by atoms with Crippen LogP contribution in [0, 0.1) is 0 Å². The molecule has 0 saturated carbocycles. The standard InChI is InChI=1S/C6H10N6O3/c1-12(3-5(13)14)6(15)7-2-4-8-10-11-9-4/h2-3H2,1H3,(H,7,15)(H,13,14)(H,8,9,10,11). The number of amides is 2. The summed E-state index contributed by atoms with van der Waals surface area (Å²) >= 11 is 0. The molecule has 0 unspecified atom stereocenters.